The van der Waals surface area contributed by atoms with E-state index < -0.39 is 0 Å². The standard InChI is InChI=1S/C24H35BrN4O/c1-4-7-8-9-11-19(10-5-2)27-23-22(20(26)6-3)24(30)29-21(28-23)16-17-12-14-18(25)15-13-17/h12-15,19,26H,4-11,16H2,1-3H3,(H2,27,28,29,30). The van der Waals surface area contributed by atoms with Gasteiger partial charge in [-0.1, -0.05) is 80.9 Å². The number of nitrogens with one attached hydrogen (secondary N) is 3. The van der Waals surface area contributed by atoms with Crippen LogP contribution in [0.1, 0.15) is 89.1 Å². The predicted molar refractivity (Wildman–Crippen MR) is 130 cm³/mol. The molecule has 0 saturated heterocycles. The fourth-order valence-electron chi connectivity index (χ4n) is 3.61. The van der Waals surface area contributed by atoms with E-state index in [-0.39, 0.29) is 11.6 Å². The number of anilines is 1. The molecule has 1 aromatic carbocycles. The van der Waals surface area contributed by atoms with Gasteiger partial charge in [0.2, 0.25) is 0 Å². The summed E-state index contributed by atoms with van der Waals surface area (Å²) < 4.78 is 1.02. The van der Waals surface area contributed by atoms with Crippen molar-refractivity contribution < 1.29 is 0 Å². The monoisotopic (exact) mass is 474 g/mol. The third-order valence-electron chi connectivity index (χ3n) is 5.29. The molecule has 6 heteroatoms. The van der Waals surface area contributed by atoms with E-state index in [4.69, 9.17) is 10.4 Å². The van der Waals surface area contributed by atoms with Crippen LogP contribution in [0.5, 0.6) is 0 Å². The van der Waals surface area contributed by atoms with Gasteiger partial charge < -0.3 is 15.7 Å². The molecule has 1 heterocycles. The molecule has 2 aromatic rings. The van der Waals surface area contributed by atoms with E-state index in [0.29, 0.717) is 35.8 Å². The Morgan fingerprint density at radius 1 is 1.10 bits per heavy atom. The van der Waals surface area contributed by atoms with Gasteiger partial charge in [0.25, 0.3) is 5.56 Å². The molecule has 0 aliphatic rings. The highest BCUT2D eigenvalue weighted by molar-refractivity contribution is 9.10. The van der Waals surface area contributed by atoms with Crippen LogP contribution in [-0.2, 0) is 6.42 Å². The first kappa shape index (κ1) is 24.3. The average Bonchev–Trinajstić information content (AvgIpc) is 2.72. The molecule has 2 rings (SSSR count). The number of unbranched alkanes of at least 4 members (excludes halogenated alkanes) is 3. The normalized spacial score (nSPS) is 12.0. The number of nitrogens with zero attached hydrogens (tertiary/aromatic N) is 1. The first-order valence-corrected chi connectivity index (χ1v) is 12.0. The molecule has 5 nitrogen and oxygen atoms in total. The van der Waals surface area contributed by atoms with Crippen LogP contribution >= 0.6 is 15.9 Å². The number of aromatic amines is 1. The maximum atomic E-state index is 12.9. The second kappa shape index (κ2) is 12.7. The number of hydrogen-bond acceptors (Lipinski definition) is 4. The van der Waals surface area contributed by atoms with Crippen molar-refractivity contribution in [1.82, 2.24) is 9.97 Å². The number of aromatic nitrogens is 2. The van der Waals surface area contributed by atoms with Gasteiger partial charge in [0.15, 0.2) is 0 Å². The lowest BCUT2D eigenvalue weighted by Crippen LogP contribution is -2.28. The maximum Gasteiger partial charge on any atom is 0.262 e. The van der Waals surface area contributed by atoms with E-state index in [0.717, 1.165) is 29.3 Å². The van der Waals surface area contributed by atoms with E-state index in [1.165, 1.54) is 25.7 Å². The molecule has 0 aliphatic heterocycles. The molecule has 3 N–H and O–H groups in total. The summed E-state index contributed by atoms with van der Waals surface area (Å²) in [6.07, 6.45) is 9.08. The first-order valence-electron chi connectivity index (χ1n) is 11.2. The van der Waals surface area contributed by atoms with Crippen molar-refractivity contribution in [3.63, 3.8) is 0 Å². The zero-order valence-corrected chi connectivity index (χ0v) is 20.1. The van der Waals surface area contributed by atoms with Gasteiger partial charge in [0.1, 0.15) is 17.2 Å². The third kappa shape index (κ3) is 7.38. The van der Waals surface area contributed by atoms with Crippen molar-refractivity contribution in [2.75, 3.05) is 5.32 Å². The highest BCUT2D eigenvalue weighted by Crippen LogP contribution is 2.19. The largest absolute Gasteiger partial charge is 0.367 e. The molecule has 164 valence electrons. The summed E-state index contributed by atoms with van der Waals surface area (Å²) in [5.74, 6) is 1.19. The van der Waals surface area contributed by atoms with Crippen LogP contribution in [-0.4, -0.2) is 21.7 Å². The van der Waals surface area contributed by atoms with Gasteiger partial charge in [-0.15, -0.1) is 0 Å². The van der Waals surface area contributed by atoms with E-state index in [9.17, 15) is 4.79 Å². The zero-order valence-electron chi connectivity index (χ0n) is 18.5. The quantitative estimate of drug-likeness (QED) is 0.230. The van der Waals surface area contributed by atoms with Crippen LogP contribution < -0.4 is 10.9 Å². The zero-order chi connectivity index (χ0) is 21.9. The molecule has 0 radical (unpaired) electrons. The summed E-state index contributed by atoms with van der Waals surface area (Å²) >= 11 is 3.45. The SMILES string of the molecule is CCCCCCC(CCC)Nc1nc(Cc2ccc(Br)cc2)[nH]c(=O)c1C(=N)CC. The Labute approximate surface area is 188 Å². The number of H-pyrrole nitrogens is 1. The molecule has 30 heavy (non-hydrogen) atoms. The van der Waals surface area contributed by atoms with Crippen molar-refractivity contribution in [2.24, 2.45) is 0 Å². The van der Waals surface area contributed by atoms with Gasteiger partial charge in [-0.05, 0) is 37.0 Å². The maximum absolute atomic E-state index is 12.9. The van der Waals surface area contributed by atoms with Gasteiger partial charge in [-0.2, -0.15) is 0 Å². The molecule has 0 saturated carbocycles. The summed E-state index contributed by atoms with van der Waals surface area (Å²) in [6, 6.07) is 8.28. The minimum atomic E-state index is -0.229. The van der Waals surface area contributed by atoms with Gasteiger partial charge in [-0.25, -0.2) is 4.98 Å². The first-order chi connectivity index (χ1) is 14.5. The third-order valence-corrected chi connectivity index (χ3v) is 5.82. The Kier molecular flexibility index (Phi) is 10.3. The number of rotatable bonds is 13. The van der Waals surface area contributed by atoms with Crippen molar-refractivity contribution >= 4 is 27.5 Å². The Morgan fingerprint density at radius 2 is 1.83 bits per heavy atom. The van der Waals surface area contributed by atoms with E-state index >= 15 is 0 Å². The van der Waals surface area contributed by atoms with Crippen LogP contribution in [0.3, 0.4) is 0 Å². The summed E-state index contributed by atoms with van der Waals surface area (Å²) in [7, 11) is 0. The highest BCUT2D eigenvalue weighted by atomic mass is 79.9. The molecule has 1 aromatic heterocycles. The smallest absolute Gasteiger partial charge is 0.262 e. The van der Waals surface area contributed by atoms with Gasteiger partial charge in [0.05, 0.1) is 0 Å². The lowest BCUT2D eigenvalue weighted by atomic mass is 10.0. The Morgan fingerprint density at radius 3 is 2.47 bits per heavy atom. The van der Waals surface area contributed by atoms with Gasteiger partial charge in [-0.3, -0.25) is 4.79 Å². The minimum Gasteiger partial charge on any atom is -0.367 e. The fourth-order valence-corrected chi connectivity index (χ4v) is 3.87. The Bertz CT molecular complexity index is 860. The van der Waals surface area contributed by atoms with Gasteiger partial charge >= 0.3 is 0 Å². The lowest BCUT2D eigenvalue weighted by molar-refractivity contribution is 0.539. The number of benzene rings is 1. The second-order valence-electron chi connectivity index (χ2n) is 7.85. The van der Waals surface area contributed by atoms with Crippen molar-refractivity contribution in [1.29, 1.82) is 5.41 Å². The van der Waals surface area contributed by atoms with Crippen molar-refractivity contribution in [3.05, 3.63) is 56.0 Å². The fraction of sp³-hybridized carbons (Fsp3) is 0.542. The van der Waals surface area contributed by atoms with Gasteiger partial charge in [0, 0.05) is 22.6 Å². The summed E-state index contributed by atoms with van der Waals surface area (Å²) in [5.41, 5.74) is 1.55. The Balaban J connectivity index is 2.30. The molecule has 0 bridgehead atoms. The lowest BCUT2D eigenvalue weighted by Gasteiger charge is -2.21. The average molecular weight is 475 g/mol. The molecular weight excluding hydrogens is 440 g/mol. The Hall–Kier alpha value is -1.95. The van der Waals surface area contributed by atoms with E-state index in [1.807, 2.05) is 31.2 Å². The molecular formula is C24H35BrN4O. The van der Waals surface area contributed by atoms with Crippen LogP contribution in [0.25, 0.3) is 0 Å². The number of hydrogen-bond donors (Lipinski definition) is 3. The molecule has 1 unspecified atom stereocenters. The van der Waals surface area contributed by atoms with E-state index in [2.05, 4.69) is 40.1 Å². The summed E-state index contributed by atoms with van der Waals surface area (Å²) in [5, 5.41) is 11.8. The van der Waals surface area contributed by atoms with Crippen LogP contribution in [0.15, 0.2) is 33.5 Å². The summed E-state index contributed by atoms with van der Waals surface area (Å²) in [4.78, 5) is 20.5. The second-order valence-corrected chi connectivity index (χ2v) is 8.77. The van der Waals surface area contributed by atoms with Crippen LogP contribution in [0.4, 0.5) is 5.82 Å². The van der Waals surface area contributed by atoms with Crippen molar-refractivity contribution in [2.45, 2.75) is 84.6 Å². The number of halogens is 1. The summed E-state index contributed by atoms with van der Waals surface area (Å²) in [6.45, 7) is 6.30. The molecule has 0 amide bonds. The highest BCUT2D eigenvalue weighted by Gasteiger charge is 2.18. The minimum absolute atomic E-state index is 0.229. The van der Waals surface area contributed by atoms with E-state index in [1.54, 1.807) is 0 Å². The predicted octanol–water partition coefficient (Wildman–Crippen LogP) is 6.45. The molecule has 0 spiro atoms. The van der Waals surface area contributed by atoms with Crippen molar-refractivity contribution in [3.8, 4) is 0 Å². The topological polar surface area (TPSA) is 81.6 Å². The van der Waals surface area contributed by atoms with Crippen LogP contribution in [0.2, 0.25) is 0 Å². The van der Waals surface area contributed by atoms with Crippen LogP contribution in [0, 0.1) is 5.41 Å². The molecule has 0 aliphatic carbocycles. The molecule has 0 fully saturated rings. The molecule has 1 atom stereocenters.